The van der Waals surface area contributed by atoms with E-state index in [0.29, 0.717) is 0 Å². The van der Waals surface area contributed by atoms with Gasteiger partial charge >= 0.3 is 0 Å². The smallest absolute Gasteiger partial charge is 0.240 e. The van der Waals surface area contributed by atoms with Crippen LogP contribution in [0.2, 0.25) is 0 Å². The highest BCUT2D eigenvalue weighted by Gasteiger charge is 2.12. The van der Waals surface area contributed by atoms with Gasteiger partial charge in [0.2, 0.25) is 5.95 Å². The van der Waals surface area contributed by atoms with Crippen LogP contribution in [0, 0.1) is 0 Å². The Balaban J connectivity index is 2.10. The van der Waals surface area contributed by atoms with Gasteiger partial charge in [-0.3, -0.25) is 0 Å². The van der Waals surface area contributed by atoms with Crippen LogP contribution in [0.15, 0.2) is 6.20 Å². The van der Waals surface area contributed by atoms with Crippen LogP contribution in [-0.4, -0.2) is 28.3 Å². The summed E-state index contributed by atoms with van der Waals surface area (Å²) >= 11 is 0. The van der Waals surface area contributed by atoms with Gasteiger partial charge in [-0.2, -0.15) is 0 Å². The van der Waals surface area contributed by atoms with Crippen molar-refractivity contribution in [2.24, 2.45) is 0 Å². The Morgan fingerprint density at radius 1 is 1.15 bits per heavy atom. The molecule has 1 aromatic heterocycles. The molecule has 2 heterocycles. The maximum atomic E-state index is 5.35. The molecule has 1 aliphatic rings. The van der Waals surface area contributed by atoms with Crippen LogP contribution < -0.4 is 10.6 Å². The van der Waals surface area contributed by atoms with Gasteiger partial charge in [-0.15, -0.1) is 10.2 Å². The molecule has 1 saturated heterocycles. The van der Waals surface area contributed by atoms with Crippen LogP contribution in [0.1, 0.15) is 19.3 Å². The molecule has 0 saturated carbocycles. The molecule has 0 aromatic carbocycles. The molecule has 0 amide bonds. The van der Waals surface area contributed by atoms with Crippen LogP contribution in [0.25, 0.3) is 0 Å². The molecule has 1 aromatic rings. The fourth-order valence-corrected chi connectivity index (χ4v) is 1.55. The van der Waals surface area contributed by atoms with E-state index in [4.69, 9.17) is 5.73 Å². The normalized spacial score (nSPS) is 17.4. The largest absolute Gasteiger partial charge is 0.366 e. The maximum Gasteiger partial charge on any atom is 0.240 e. The third-order valence-corrected chi connectivity index (χ3v) is 2.25. The van der Waals surface area contributed by atoms with Crippen LogP contribution in [0.3, 0.4) is 0 Å². The van der Waals surface area contributed by atoms with Gasteiger partial charge in [0.25, 0.3) is 0 Å². The molecule has 0 aliphatic carbocycles. The van der Waals surface area contributed by atoms with Gasteiger partial charge in [-0.25, -0.2) is 4.98 Å². The summed E-state index contributed by atoms with van der Waals surface area (Å²) < 4.78 is 0. The summed E-state index contributed by atoms with van der Waals surface area (Å²) in [7, 11) is 0. The monoisotopic (exact) mass is 179 g/mol. The number of nitrogens with two attached hydrogens (primary N) is 1. The quantitative estimate of drug-likeness (QED) is 0.677. The molecular weight excluding hydrogens is 166 g/mol. The molecule has 5 heteroatoms. The van der Waals surface area contributed by atoms with E-state index in [9.17, 15) is 0 Å². The van der Waals surface area contributed by atoms with Gasteiger partial charge in [0.05, 0.1) is 6.20 Å². The number of nitrogens with zero attached hydrogens (tertiary/aromatic N) is 4. The molecule has 0 radical (unpaired) electrons. The van der Waals surface area contributed by atoms with Gasteiger partial charge in [-0.05, 0) is 19.3 Å². The predicted molar refractivity (Wildman–Crippen MR) is 50.3 cm³/mol. The summed E-state index contributed by atoms with van der Waals surface area (Å²) in [5.41, 5.74) is 5.35. The SMILES string of the molecule is Nc1ncc(N2CCCCC2)nn1. The fraction of sp³-hybridized carbons (Fsp3) is 0.625. The van der Waals surface area contributed by atoms with E-state index in [1.165, 1.54) is 19.3 Å². The zero-order chi connectivity index (χ0) is 9.10. The standard InChI is InChI=1S/C8H13N5/c9-8-10-6-7(11-12-8)13-4-2-1-3-5-13/h6H,1-5H2,(H2,9,10,12). The van der Waals surface area contributed by atoms with E-state index in [1.54, 1.807) is 6.20 Å². The summed E-state index contributed by atoms with van der Waals surface area (Å²) in [4.78, 5) is 6.11. The van der Waals surface area contributed by atoms with E-state index in [1.807, 2.05) is 0 Å². The van der Waals surface area contributed by atoms with Crippen molar-refractivity contribution in [2.45, 2.75) is 19.3 Å². The first-order valence-electron chi connectivity index (χ1n) is 4.56. The van der Waals surface area contributed by atoms with Crippen molar-refractivity contribution in [3.8, 4) is 0 Å². The van der Waals surface area contributed by atoms with Crippen LogP contribution in [0.5, 0.6) is 0 Å². The summed E-state index contributed by atoms with van der Waals surface area (Å²) in [5, 5.41) is 7.72. The average Bonchev–Trinajstić information content (AvgIpc) is 2.20. The Bertz CT molecular complexity index is 264. The summed E-state index contributed by atoms with van der Waals surface area (Å²) in [6.07, 6.45) is 5.46. The highest BCUT2D eigenvalue weighted by molar-refractivity contribution is 5.36. The molecule has 2 N–H and O–H groups in total. The molecular formula is C8H13N5. The van der Waals surface area contributed by atoms with E-state index < -0.39 is 0 Å². The Morgan fingerprint density at radius 3 is 2.54 bits per heavy atom. The van der Waals surface area contributed by atoms with Crippen molar-refractivity contribution in [2.75, 3.05) is 23.7 Å². The first kappa shape index (κ1) is 8.22. The Hall–Kier alpha value is -1.39. The fourth-order valence-electron chi connectivity index (χ4n) is 1.55. The molecule has 0 bridgehead atoms. The molecule has 70 valence electrons. The summed E-state index contributed by atoms with van der Waals surface area (Å²) in [5.74, 6) is 1.08. The average molecular weight is 179 g/mol. The lowest BCUT2D eigenvalue weighted by atomic mass is 10.1. The van der Waals surface area contributed by atoms with E-state index >= 15 is 0 Å². The molecule has 13 heavy (non-hydrogen) atoms. The first-order valence-corrected chi connectivity index (χ1v) is 4.56. The second-order valence-electron chi connectivity index (χ2n) is 3.22. The zero-order valence-corrected chi connectivity index (χ0v) is 7.48. The van der Waals surface area contributed by atoms with Gasteiger partial charge in [0, 0.05) is 13.1 Å². The van der Waals surface area contributed by atoms with Crippen molar-refractivity contribution < 1.29 is 0 Å². The van der Waals surface area contributed by atoms with E-state index in [2.05, 4.69) is 20.1 Å². The van der Waals surface area contributed by atoms with Crippen LogP contribution in [-0.2, 0) is 0 Å². The number of rotatable bonds is 1. The summed E-state index contributed by atoms with van der Waals surface area (Å²) in [6.45, 7) is 2.11. The zero-order valence-electron chi connectivity index (χ0n) is 7.48. The van der Waals surface area contributed by atoms with Crippen molar-refractivity contribution in [1.29, 1.82) is 0 Å². The van der Waals surface area contributed by atoms with Crippen LogP contribution >= 0.6 is 0 Å². The lowest BCUT2D eigenvalue weighted by Crippen LogP contribution is -2.30. The Kier molecular flexibility index (Phi) is 2.25. The highest BCUT2D eigenvalue weighted by Crippen LogP contribution is 2.15. The number of piperidine rings is 1. The lowest BCUT2D eigenvalue weighted by molar-refractivity contribution is 0.570. The van der Waals surface area contributed by atoms with Crippen molar-refractivity contribution in [3.63, 3.8) is 0 Å². The third-order valence-electron chi connectivity index (χ3n) is 2.25. The topological polar surface area (TPSA) is 67.9 Å². The second kappa shape index (κ2) is 3.55. The molecule has 5 nitrogen and oxygen atoms in total. The highest BCUT2D eigenvalue weighted by atomic mass is 15.3. The molecule has 1 aliphatic heterocycles. The number of aromatic nitrogens is 3. The Morgan fingerprint density at radius 2 is 1.92 bits per heavy atom. The van der Waals surface area contributed by atoms with Gasteiger partial charge < -0.3 is 10.6 Å². The molecule has 1 fully saturated rings. The van der Waals surface area contributed by atoms with Gasteiger partial charge in [0.1, 0.15) is 0 Å². The molecule has 2 rings (SSSR count). The number of hydrogen-bond acceptors (Lipinski definition) is 5. The summed E-state index contributed by atoms with van der Waals surface area (Å²) in [6, 6.07) is 0. The minimum Gasteiger partial charge on any atom is -0.366 e. The van der Waals surface area contributed by atoms with Gasteiger partial charge in [0.15, 0.2) is 5.82 Å². The minimum atomic E-state index is 0.237. The lowest BCUT2D eigenvalue weighted by Gasteiger charge is -2.26. The number of nitrogen functional groups attached to an aromatic ring is 1. The Labute approximate surface area is 77.0 Å². The second-order valence-corrected chi connectivity index (χ2v) is 3.22. The van der Waals surface area contributed by atoms with E-state index in [-0.39, 0.29) is 5.95 Å². The minimum absolute atomic E-state index is 0.237. The van der Waals surface area contributed by atoms with Crippen molar-refractivity contribution >= 4 is 11.8 Å². The van der Waals surface area contributed by atoms with Crippen LogP contribution in [0.4, 0.5) is 11.8 Å². The maximum absolute atomic E-state index is 5.35. The molecule has 0 unspecified atom stereocenters. The van der Waals surface area contributed by atoms with E-state index in [0.717, 1.165) is 18.9 Å². The molecule has 0 atom stereocenters. The third kappa shape index (κ3) is 1.85. The van der Waals surface area contributed by atoms with Crippen molar-refractivity contribution in [3.05, 3.63) is 6.20 Å². The predicted octanol–water partition coefficient (Wildman–Crippen LogP) is 0.444. The number of hydrogen-bond donors (Lipinski definition) is 1. The number of anilines is 2. The van der Waals surface area contributed by atoms with Gasteiger partial charge in [-0.1, -0.05) is 0 Å². The first-order chi connectivity index (χ1) is 6.36. The molecule has 0 spiro atoms. The van der Waals surface area contributed by atoms with Crippen molar-refractivity contribution in [1.82, 2.24) is 15.2 Å².